The van der Waals surface area contributed by atoms with Crippen molar-refractivity contribution < 1.29 is 4.74 Å². The molecule has 17 heavy (non-hydrogen) atoms. The number of aryl methyl sites for hydroxylation is 2. The molecule has 0 aliphatic carbocycles. The number of H-pyrrole nitrogens is 1. The second-order valence-corrected chi connectivity index (χ2v) is 4.33. The Bertz CT molecular complexity index is 605. The van der Waals surface area contributed by atoms with Gasteiger partial charge in [-0.2, -0.15) is 0 Å². The van der Waals surface area contributed by atoms with Crippen LogP contribution in [0.5, 0.6) is 5.75 Å². The van der Waals surface area contributed by atoms with E-state index in [2.05, 4.69) is 16.0 Å². The van der Waals surface area contributed by atoms with Gasteiger partial charge < -0.3 is 9.72 Å². The molecule has 0 saturated heterocycles. The van der Waals surface area contributed by atoms with Crippen molar-refractivity contribution in [1.82, 2.24) is 9.97 Å². The highest BCUT2D eigenvalue weighted by atomic mass is 32.1. The molecule has 0 aliphatic heterocycles. The Morgan fingerprint density at radius 2 is 2.00 bits per heavy atom. The van der Waals surface area contributed by atoms with Crippen LogP contribution in [0, 0.1) is 18.6 Å². The Hall–Kier alpha value is -1.68. The number of nitrogens with one attached hydrogen (secondary N) is 1. The van der Waals surface area contributed by atoms with Gasteiger partial charge in [0.05, 0.1) is 12.8 Å². The molecule has 0 atom stereocenters. The molecule has 0 bridgehead atoms. The topological polar surface area (TPSA) is 37.9 Å². The van der Waals surface area contributed by atoms with E-state index in [1.54, 1.807) is 7.11 Å². The van der Waals surface area contributed by atoms with Gasteiger partial charge in [0.1, 0.15) is 5.75 Å². The largest absolute Gasteiger partial charge is 0.496 e. The van der Waals surface area contributed by atoms with Gasteiger partial charge in [-0.25, -0.2) is 4.98 Å². The van der Waals surface area contributed by atoms with Crippen molar-refractivity contribution in [3.63, 3.8) is 0 Å². The maximum Gasteiger partial charge on any atom is 0.197 e. The van der Waals surface area contributed by atoms with E-state index in [0.29, 0.717) is 4.77 Å². The van der Waals surface area contributed by atoms with Crippen molar-refractivity contribution in [2.45, 2.75) is 13.8 Å². The summed E-state index contributed by atoms with van der Waals surface area (Å²) in [6.45, 7) is 3.98. The van der Waals surface area contributed by atoms with E-state index in [9.17, 15) is 0 Å². The van der Waals surface area contributed by atoms with Crippen LogP contribution in [0.2, 0.25) is 0 Å². The van der Waals surface area contributed by atoms with Crippen molar-refractivity contribution >= 4 is 12.2 Å². The van der Waals surface area contributed by atoms with Gasteiger partial charge in [0.2, 0.25) is 0 Å². The molecule has 3 nitrogen and oxygen atoms in total. The van der Waals surface area contributed by atoms with E-state index in [4.69, 9.17) is 17.0 Å². The number of rotatable bonds is 2. The lowest BCUT2D eigenvalue weighted by molar-refractivity contribution is 0.412. The third-order valence-electron chi connectivity index (χ3n) is 2.57. The van der Waals surface area contributed by atoms with Crippen LogP contribution in [0.15, 0.2) is 24.3 Å². The molecule has 1 aromatic heterocycles. The molecule has 1 aromatic carbocycles. The average molecular weight is 246 g/mol. The number of methoxy groups -OCH3 is 1. The lowest BCUT2D eigenvalue weighted by atomic mass is 10.1. The highest BCUT2D eigenvalue weighted by Crippen LogP contribution is 2.24. The molecular formula is C13H14N2OS. The van der Waals surface area contributed by atoms with Gasteiger partial charge >= 0.3 is 0 Å². The van der Waals surface area contributed by atoms with Crippen LogP contribution in [-0.2, 0) is 0 Å². The molecule has 0 aliphatic rings. The van der Waals surface area contributed by atoms with Crippen molar-refractivity contribution in [1.29, 1.82) is 0 Å². The number of benzene rings is 1. The zero-order valence-corrected chi connectivity index (χ0v) is 10.9. The maximum absolute atomic E-state index is 5.24. The molecule has 2 rings (SSSR count). The predicted octanol–water partition coefficient (Wildman–Crippen LogP) is 3.43. The number of ether oxygens (including phenoxy) is 1. The summed E-state index contributed by atoms with van der Waals surface area (Å²) in [5.74, 6) is 0.881. The second-order valence-electron chi connectivity index (χ2n) is 3.94. The van der Waals surface area contributed by atoms with Crippen molar-refractivity contribution in [2.75, 3.05) is 7.11 Å². The Balaban J connectivity index is 2.53. The van der Waals surface area contributed by atoms with Crippen LogP contribution >= 0.6 is 12.2 Å². The van der Waals surface area contributed by atoms with E-state index >= 15 is 0 Å². The third kappa shape index (κ3) is 2.53. The summed E-state index contributed by atoms with van der Waals surface area (Å²) in [5.41, 5.74) is 4.03. The number of aromatic nitrogens is 2. The first kappa shape index (κ1) is 11.8. The summed E-state index contributed by atoms with van der Waals surface area (Å²) in [6.07, 6.45) is 0. The minimum absolute atomic E-state index is 0.508. The summed E-state index contributed by atoms with van der Waals surface area (Å²) < 4.78 is 5.74. The molecule has 88 valence electrons. The summed E-state index contributed by atoms with van der Waals surface area (Å²) in [7, 11) is 1.67. The molecule has 0 spiro atoms. The zero-order chi connectivity index (χ0) is 12.4. The molecular weight excluding hydrogens is 232 g/mol. The number of hydrogen-bond donors (Lipinski definition) is 1. The fourth-order valence-electron chi connectivity index (χ4n) is 1.77. The normalized spacial score (nSPS) is 10.3. The summed E-state index contributed by atoms with van der Waals surface area (Å²) >= 11 is 5.08. The van der Waals surface area contributed by atoms with E-state index in [-0.39, 0.29) is 0 Å². The van der Waals surface area contributed by atoms with E-state index in [1.165, 1.54) is 0 Å². The Kier molecular flexibility index (Phi) is 3.24. The van der Waals surface area contributed by atoms with E-state index in [1.807, 2.05) is 32.0 Å². The minimum atomic E-state index is 0.508. The fraction of sp³-hybridized carbons (Fsp3) is 0.231. The summed E-state index contributed by atoms with van der Waals surface area (Å²) in [5, 5.41) is 0. The first-order valence-electron chi connectivity index (χ1n) is 5.33. The van der Waals surface area contributed by atoms with Crippen LogP contribution in [0.4, 0.5) is 0 Å². The molecule has 0 amide bonds. The van der Waals surface area contributed by atoms with Gasteiger partial charge in [0, 0.05) is 11.3 Å². The highest BCUT2D eigenvalue weighted by molar-refractivity contribution is 7.71. The number of hydrogen-bond acceptors (Lipinski definition) is 3. The Morgan fingerprint density at radius 3 is 2.59 bits per heavy atom. The van der Waals surface area contributed by atoms with Crippen LogP contribution in [0.3, 0.4) is 0 Å². The monoisotopic (exact) mass is 246 g/mol. The number of aromatic amines is 1. The SMILES string of the molecule is COc1ccc(-c2cc(C)[nH]c(=S)n2)cc1C. The van der Waals surface area contributed by atoms with Crippen molar-refractivity contribution in [2.24, 2.45) is 0 Å². The van der Waals surface area contributed by atoms with Crippen LogP contribution in [-0.4, -0.2) is 17.1 Å². The summed E-state index contributed by atoms with van der Waals surface area (Å²) in [6, 6.07) is 7.97. The molecule has 4 heteroatoms. The average Bonchev–Trinajstić information content (AvgIpc) is 2.27. The third-order valence-corrected chi connectivity index (χ3v) is 2.76. The van der Waals surface area contributed by atoms with E-state index in [0.717, 1.165) is 28.3 Å². The zero-order valence-electron chi connectivity index (χ0n) is 10.1. The Labute approximate surface area is 105 Å². The first-order chi connectivity index (χ1) is 8.10. The smallest absolute Gasteiger partial charge is 0.197 e. The fourth-order valence-corrected chi connectivity index (χ4v) is 2.02. The lowest BCUT2D eigenvalue weighted by Gasteiger charge is -2.07. The summed E-state index contributed by atoms with van der Waals surface area (Å²) in [4.78, 5) is 7.32. The minimum Gasteiger partial charge on any atom is -0.496 e. The predicted molar refractivity (Wildman–Crippen MR) is 70.9 cm³/mol. The van der Waals surface area contributed by atoms with Crippen molar-refractivity contribution in [3.05, 3.63) is 40.3 Å². The number of nitrogens with zero attached hydrogens (tertiary/aromatic N) is 1. The standard InChI is InChI=1S/C13H14N2OS/c1-8-6-10(4-5-12(8)16-3)11-7-9(2)14-13(17)15-11/h4-7H,1-3H3,(H,14,15,17). The van der Waals surface area contributed by atoms with Gasteiger partial charge in [-0.3, -0.25) is 0 Å². The molecule has 0 fully saturated rings. The van der Waals surface area contributed by atoms with Gasteiger partial charge in [-0.15, -0.1) is 0 Å². The molecule has 0 unspecified atom stereocenters. The first-order valence-corrected chi connectivity index (χ1v) is 5.74. The molecule has 0 saturated carbocycles. The van der Waals surface area contributed by atoms with Gasteiger partial charge in [0.15, 0.2) is 4.77 Å². The molecule has 1 heterocycles. The highest BCUT2D eigenvalue weighted by Gasteiger charge is 2.04. The van der Waals surface area contributed by atoms with Gasteiger partial charge in [-0.1, -0.05) is 0 Å². The van der Waals surface area contributed by atoms with Crippen LogP contribution in [0.1, 0.15) is 11.3 Å². The molecule has 0 radical (unpaired) electrons. The lowest BCUT2D eigenvalue weighted by Crippen LogP contribution is -1.92. The van der Waals surface area contributed by atoms with Gasteiger partial charge in [0.25, 0.3) is 0 Å². The van der Waals surface area contributed by atoms with E-state index < -0.39 is 0 Å². The maximum atomic E-state index is 5.24. The van der Waals surface area contributed by atoms with Crippen LogP contribution < -0.4 is 4.74 Å². The van der Waals surface area contributed by atoms with Crippen molar-refractivity contribution in [3.8, 4) is 17.0 Å². The van der Waals surface area contributed by atoms with Gasteiger partial charge in [-0.05, 0) is 55.9 Å². The molecule has 2 aromatic rings. The quantitative estimate of drug-likeness (QED) is 0.825. The Morgan fingerprint density at radius 1 is 1.24 bits per heavy atom. The van der Waals surface area contributed by atoms with Crippen LogP contribution in [0.25, 0.3) is 11.3 Å². The molecule has 1 N–H and O–H groups in total. The second kappa shape index (κ2) is 4.67.